The molecule has 1 aromatic heterocycles. The molecule has 2 rings (SSSR count). The van der Waals surface area contributed by atoms with Crippen molar-refractivity contribution in [1.29, 1.82) is 0 Å². The number of fused-ring (bicyclic) bond motifs is 1. The van der Waals surface area contributed by atoms with Crippen LogP contribution in [0.15, 0.2) is 33.5 Å². The second kappa shape index (κ2) is 4.04. The van der Waals surface area contributed by atoms with Gasteiger partial charge in [-0.1, -0.05) is 11.6 Å². The summed E-state index contributed by atoms with van der Waals surface area (Å²) in [5.41, 5.74) is 5.45. The fraction of sp³-hybridized carbons (Fsp3) is 0. The maximum absolute atomic E-state index is 11.0. The number of benzene rings is 1. The van der Waals surface area contributed by atoms with Gasteiger partial charge in [0.25, 0.3) is 0 Å². The first kappa shape index (κ1) is 11.1. The molecule has 0 bridgehead atoms. The van der Waals surface area contributed by atoms with Crippen LogP contribution in [0.25, 0.3) is 11.0 Å². The molecule has 0 aliphatic rings. The first-order chi connectivity index (χ1) is 6.16. The predicted octanol–water partition coefficient (Wildman–Crippen LogP) is 2.03. The summed E-state index contributed by atoms with van der Waals surface area (Å²) in [6, 6.07) is 6.53. The van der Waals surface area contributed by atoms with Crippen LogP contribution in [0.3, 0.4) is 0 Å². The molecule has 0 amide bonds. The van der Waals surface area contributed by atoms with Gasteiger partial charge in [0.1, 0.15) is 11.3 Å². The number of hydrogen-bond donors (Lipinski definition) is 1. The van der Waals surface area contributed by atoms with E-state index in [1.165, 1.54) is 0 Å². The van der Waals surface area contributed by atoms with E-state index in [4.69, 9.17) is 21.8 Å². The molecule has 1 radical (unpaired) electrons. The second-order valence-electron chi connectivity index (χ2n) is 2.67. The Hall–Kier alpha value is -0.974. The number of halogens is 1. The average Bonchev–Trinajstić information content (AvgIpc) is 2.08. The summed E-state index contributed by atoms with van der Waals surface area (Å²) in [4.78, 5) is 11.0. The molecule has 0 saturated heterocycles. The molecule has 1 aromatic carbocycles. The summed E-state index contributed by atoms with van der Waals surface area (Å²) in [7, 11) is 0. The number of hydrogen-bond acceptors (Lipinski definition) is 3. The third-order valence-corrected chi connectivity index (χ3v) is 1.96. The van der Waals surface area contributed by atoms with Gasteiger partial charge >= 0.3 is 22.4 Å². The van der Waals surface area contributed by atoms with Gasteiger partial charge in [0.15, 0.2) is 0 Å². The van der Waals surface area contributed by atoms with Crippen molar-refractivity contribution in [3.05, 3.63) is 39.7 Å². The van der Waals surface area contributed by atoms with Gasteiger partial charge in [-0.15, -0.1) is 0 Å². The van der Waals surface area contributed by atoms with Crippen LogP contribution in [-0.2, 0) is 16.8 Å². The zero-order chi connectivity index (χ0) is 9.42. The summed E-state index contributed by atoms with van der Waals surface area (Å²) < 4.78 is 4.91. The van der Waals surface area contributed by atoms with Gasteiger partial charge in [-0.3, -0.25) is 0 Å². The quantitative estimate of drug-likeness (QED) is 0.732. The first-order valence-electron chi connectivity index (χ1n) is 3.66. The summed E-state index contributed by atoms with van der Waals surface area (Å²) in [6.07, 6.45) is 0. The standard InChI is InChI=1S/C9H6ClNO2.Co/c10-6-1-2-8-5(3-6)4-7(11)9(12)13-8;/h1-4H,11H2;/q;+2. The van der Waals surface area contributed by atoms with Crippen molar-refractivity contribution in [2.45, 2.75) is 0 Å². The number of nitrogens with two attached hydrogens (primary N) is 1. The minimum absolute atomic E-state index is 0. The molecule has 1 heterocycles. The Labute approximate surface area is 95.0 Å². The van der Waals surface area contributed by atoms with Crippen molar-refractivity contribution < 1.29 is 21.2 Å². The van der Waals surface area contributed by atoms with Crippen molar-refractivity contribution in [3.8, 4) is 0 Å². The van der Waals surface area contributed by atoms with Gasteiger partial charge in [0, 0.05) is 10.4 Å². The van der Waals surface area contributed by atoms with Crippen LogP contribution in [0, 0.1) is 0 Å². The monoisotopic (exact) mass is 254 g/mol. The van der Waals surface area contributed by atoms with Gasteiger partial charge in [-0.05, 0) is 24.3 Å². The Kier molecular flexibility index (Phi) is 3.20. The average molecular weight is 255 g/mol. The van der Waals surface area contributed by atoms with Crippen LogP contribution in [-0.4, -0.2) is 0 Å². The molecule has 73 valence electrons. The molecule has 14 heavy (non-hydrogen) atoms. The van der Waals surface area contributed by atoms with Crippen LogP contribution < -0.4 is 11.4 Å². The molecule has 0 aliphatic heterocycles. The fourth-order valence-corrected chi connectivity index (χ4v) is 1.29. The van der Waals surface area contributed by atoms with Gasteiger partial charge in [0.05, 0.1) is 0 Å². The molecule has 0 unspecified atom stereocenters. The predicted molar refractivity (Wildman–Crippen MR) is 51.9 cm³/mol. The number of anilines is 1. The van der Waals surface area contributed by atoms with Gasteiger partial charge in [0.2, 0.25) is 0 Å². The number of rotatable bonds is 0. The summed E-state index contributed by atoms with van der Waals surface area (Å²) in [6.45, 7) is 0. The van der Waals surface area contributed by atoms with E-state index in [-0.39, 0.29) is 22.5 Å². The summed E-state index contributed by atoms with van der Waals surface area (Å²) in [5, 5.41) is 1.31. The van der Waals surface area contributed by atoms with E-state index < -0.39 is 5.63 Å². The van der Waals surface area contributed by atoms with Crippen LogP contribution in [0.1, 0.15) is 0 Å². The molecule has 0 saturated carbocycles. The molecule has 2 N–H and O–H groups in total. The van der Waals surface area contributed by atoms with Gasteiger partial charge < -0.3 is 10.2 Å². The minimum atomic E-state index is -0.519. The van der Waals surface area contributed by atoms with E-state index in [0.717, 1.165) is 5.39 Å². The zero-order valence-corrected chi connectivity index (χ0v) is 8.71. The summed E-state index contributed by atoms with van der Waals surface area (Å²) in [5.74, 6) is 0. The maximum Gasteiger partial charge on any atom is 2.00 e. The van der Waals surface area contributed by atoms with Crippen molar-refractivity contribution >= 4 is 28.3 Å². The Bertz CT molecular complexity index is 524. The Balaban J connectivity index is 0.000000980. The molecular weight excluding hydrogens is 248 g/mol. The van der Waals surface area contributed by atoms with Crippen molar-refractivity contribution in [3.63, 3.8) is 0 Å². The first-order valence-corrected chi connectivity index (χ1v) is 4.03. The Morgan fingerprint density at radius 1 is 1.29 bits per heavy atom. The van der Waals surface area contributed by atoms with Crippen LogP contribution in [0.5, 0.6) is 0 Å². The van der Waals surface area contributed by atoms with E-state index in [2.05, 4.69) is 0 Å². The topological polar surface area (TPSA) is 56.2 Å². The third-order valence-electron chi connectivity index (χ3n) is 1.72. The molecule has 0 spiro atoms. The van der Waals surface area contributed by atoms with Crippen LogP contribution in [0.2, 0.25) is 5.02 Å². The normalized spacial score (nSPS) is 9.79. The molecular formula is C9H6ClCoNO2+2. The largest absolute Gasteiger partial charge is 2.00 e. The van der Waals surface area contributed by atoms with Crippen molar-refractivity contribution in [2.24, 2.45) is 0 Å². The molecule has 0 fully saturated rings. The number of nitrogen functional groups attached to an aromatic ring is 1. The van der Waals surface area contributed by atoms with E-state index in [1.54, 1.807) is 24.3 Å². The van der Waals surface area contributed by atoms with Crippen molar-refractivity contribution in [1.82, 2.24) is 0 Å². The molecule has 5 heteroatoms. The molecule has 0 atom stereocenters. The van der Waals surface area contributed by atoms with E-state index in [9.17, 15) is 4.79 Å². The smallest absolute Gasteiger partial charge is 0.421 e. The van der Waals surface area contributed by atoms with E-state index >= 15 is 0 Å². The minimum Gasteiger partial charge on any atom is -0.421 e. The second-order valence-corrected chi connectivity index (χ2v) is 3.11. The van der Waals surface area contributed by atoms with Crippen LogP contribution >= 0.6 is 11.6 Å². The van der Waals surface area contributed by atoms with E-state index in [1.807, 2.05) is 0 Å². The molecule has 0 aliphatic carbocycles. The Morgan fingerprint density at radius 2 is 2.00 bits per heavy atom. The van der Waals surface area contributed by atoms with Crippen molar-refractivity contribution in [2.75, 3.05) is 5.73 Å². The van der Waals surface area contributed by atoms with Gasteiger partial charge in [-0.2, -0.15) is 0 Å². The fourth-order valence-electron chi connectivity index (χ4n) is 1.11. The maximum atomic E-state index is 11.0. The van der Waals surface area contributed by atoms with Gasteiger partial charge in [-0.25, -0.2) is 4.79 Å². The van der Waals surface area contributed by atoms with Crippen LogP contribution in [0.4, 0.5) is 5.69 Å². The molecule has 2 aromatic rings. The van der Waals surface area contributed by atoms with E-state index in [0.29, 0.717) is 10.6 Å². The third kappa shape index (κ3) is 1.92. The SMILES string of the molecule is Nc1cc2cc(Cl)ccc2oc1=O.[Co+2]. The zero-order valence-electron chi connectivity index (χ0n) is 6.91. The molecule has 3 nitrogen and oxygen atoms in total. The Morgan fingerprint density at radius 3 is 2.71 bits per heavy atom. The summed E-state index contributed by atoms with van der Waals surface area (Å²) >= 11 is 5.75.